The van der Waals surface area contributed by atoms with Gasteiger partial charge in [-0.1, -0.05) is 30.3 Å². The van der Waals surface area contributed by atoms with Crippen LogP contribution < -0.4 is 4.74 Å². The monoisotopic (exact) mass is 489 g/mol. The molecule has 0 spiro atoms. The smallest absolute Gasteiger partial charge is 0.419 e. The molecule has 0 aliphatic heterocycles. The molecule has 1 heterocycles. The lowest BCUT2D eigenvalue weighted by molar-refractivity contribution is -0.136. The molecular formula is C29H28FNO5. The normalized spacial score (nSPS) is 11.5. The highest BCUT2D eigenvalue weighted by molar-refractivity contribution is 5.91. The Hall–Kier alpha value is -4.13. The number of carbonyl (C=O) groups is 2. The molecule has 6 nitrogen and oxygen atoms in total. The summed E-state index contributed by atoms with van der Waals surface area (Å²) in [4.78, 5) is 23.9. The second kappa shape index (κ2) is 9.85. The van der Waals surface area contributed by atoms with E-state index in [9.17, 15) is 14.0 Å². The number of rotatable bonds is 6. The first-order chi connectivity index (χ1) is 17.0. The minimum atomic E-state index is -0.862. The molecule has 7 heteroatoms. The fourth-order valence-electron chi connectivity index (χ4n) is 4.08. The molecule has 186 valence electrons. The van der Waals surface area contributed by atoms with Crippen LogP contribution in [0.2, 0.25) is 0 Å². The molecule has 4 aromatic rings. The molecule has 3 aromatic carbocycles. The SMILES string of the molecule is Cc1cc(CC(=O)O)ccc1-c1ccc(OCc2cc3ccc(F)cc3n2C(=O)OC(C)(C)C)cc1. The van der Waals surface area contributed by atoms with E-state index in [0.29, 0.717) is 22.3 Å². The van der Waals surface area contributed by atoms with Crippen molar-refractivity contribution in [3.05, 3.63) is 89.4 Å². The Morgan fingerprint density at radius 3 is 2.33 bits per heavy atom. The molecule has 4 rings (SSSR count). The number of aliphatic carboxylic acids is 1. The van der Waals surface area contributed by atoms with Gasteiger partial charge in [-0.15, -0.1) is 0 Å². The summed E-state index contributed by atoms with van der Waals surface area (Å²) in [7, 11) is 0. The van der Waals surface area contributed by atoms with E-state index in [1.165, 1.54) is 16.7 Å². The molecule has 0 saturated heterocycles. The summed E-state index contributed by atoms with van der Waals surface area (Å²) in [6, 6.07) is 19.2. The second-order valence-electron chi connectivity index (χ2n) is 9.69. The van der Waals surface area contributed by atoms with Crippen molar-refractivity contribution in [1.29, 1.82) is 0 Å². The van der Waals surface area contributed by atoms with E-state index in [-0.39, 0.29) is 13.0 Å². The van der Waals surface area contributed by atoms with Crippen molar-refractivity contribution in [3.63, 3.8) is 0 Å². The standard InChI is InChI=1S/C29H28FNO5/c1-18-13-19(14-27(32)33)5-12-25(18)20-7-10-24(11-8-20)35-17-23-15-21-6-9-22(30)16-26(21)31(23)28(34)36-29(2,3)4/h5-13,15-16H,14,17H2,1-4H3,(H,32,33). The number of carboxylic acids is 1. The number of carbonyl (C=O) groups excluding carboxylic acids is 1. The largest absolute Gasteiger partial charge is 0.487 e. The molecule has 36 heavy (non-hydrogen) atoms. The minimum Gasteiger partial charge on any atom is -0.487 e. The summed E-state index contributed by atoms with van der Waals surface area (Å²) in [6.07, 6.45) is -0.612. The van der Waals surface area contributed by atoms with Crippen molar-refractivity contribution in [2.75, 3.05) is 0 Å². The Morgan fingerprint density at radius 2 is 1.69 bits per heavy atom. The van der Waals surface area contributed by atoms with E-state index < -0.39 is 23.5 Å². The average Bonchev–Trinajstić information content (AvgIpc) is 3.14. The molecule has 0 saturated carbocycles. The third-order valence-corrected chi connectivity index (χ3v) is 5.62. The Bertz CT molecular complexity index is 1430. The summed E-state index contributed by atoms with van der Waals surface area (Å²) in [6.45, 7) is 7.35. The number of carboxylic acid groups (broad SMARTS) is 1. The average molecular weight is 490 g/mol. The van der Waals surface area contributed by atoms with Crippen LogP contribution in [-0.4, -0.2) is 27.3 Å². The number of hydrogen-bond acceptors (Lipinski definition) is 4. The number of aryl methyl sites for hydroxylation is 1. The number of hydrogen-bond donors (Lipinski definition) is 1. The summed E-state index contributed by atoms with van der Waals surface area (Å²) >= 11 is 0. The summed E-state index contributed by atoms with van der Waals surface area (Å²) < 4.78 is 26.8. The third kappa shape index (κ3) is 5.74. The van der Waals surface area contributed by atoms with Gasteiger partial charge in [0.25, 0.3) is 0 Å². The zero-order valence-corrected chi connectivity index (χ0v) is 20.7. The maximum Gasteiger partial charge on any atom is 0.419 e. The van der Waals surface area contributed by atoms with Gasteiger partial charge in [-0.25, -0.2) is 13.8 Å². The predicted molar refractivity (Wildman–Crippen MR) is 136 cm³/mol. The molecule has 0 aliphatic carbocycles. The number of ether oxygens (including phenoxy) is 2. The van der Waals surface area contributed by atoms with Crippen molar-refractivity contribution < 1.29 is 28.6 Å². The Kier molecular flexibility index (Phi) is 6.84. The van der Waals surface area contributed by atoms with E-state index in [4.69, 9.17) is 14.6 Å². The number of aromatic nitrogens is 1. The predicted octanol–water partition coefficient (Wildman–Crippen LogP) is 6.75. The van der Waals surface area contributed by atoms with Gasteiger partial charge in [0, 0.05) is 5.39 Å². The van der Waals surface area contributed by atoms with Crippen molar-refractivity contribution in [1.82, 2.24) is 4.57 Å². The van der Waals surface area contributed by atoms with Gasteiger partial charge < -0.3 is 14.6 Å². The molecule has 0 atom stereocenters. The Morgan fingerprint density at radius 1 is 0.972 bits per heavy atom. The van der Waals surface area contributed by atoms with Gasteiger partial charge >= 0.3 is 12.1 Å². The molecule has 1 N–H and O–H groups in total. The van der Waals surface area contributed by atoms with Gasteiger partial charge in [-0.05, 0) is 86.3 Å². The van der Waals surface area contributed by atoms with Crippen LogP contribution in [0, 0.1) is 12.7 Å². The van der Waals surface area contributed by atoms with Crippen molar-refractivity contribution >= 4 is 23.0 Å². The second-order valence-corrected chi connectivity index (χ2v) is 9.69. The molecular weight excluding hydrogens is 461 g/mol. The van der Waals surface area contributed by atoms with Crippen LogP contribution in [0.5, 0.6) is 5.75 Å². The van der Waals surface area contributed by atoms with E-state index in [1.807, 2.05) is 49.4 Å². The summed E-state index contributed by atoms with van der Waals surface area (Å²) in [5.74, 6) is -0.703. The first-order valence-electron chi connectivity index (χ1n) is 11.6. The molecule has 0 bridgehead atoms. The summed E-state index contributed by atoms with van der Waals surface area (Å²) in [5, 5.41) is 9.71. The zero-order valence-electron chi connectivity index (χ0n) is 20.7. The number of halogens is 1. The van der Waals surface area contributed by atoms with Crippen molar-refractivity contribution in [2.45, 2.75) is 46.3 Å². The first-order valence-corrected chi connectivity index (χ1v) is 11.6. The van der Waals surface area contributed by atoms with Crippen LogP contribution in [0.25, 0.3) is 22.0 Å². The summed E-state index contributed by atoms with van der Waals surface area (Å²) in [5.41, 5.74) is 3.96. The molecule has 1 aromatic heterocycles. The third-order valence-electron chi connectivity index (χ3n) is 5.62. The number of benzene rings is 3. The highest BCUT2D eigenvalue weighted by Gasteiger charge is 2.22. The van der Waals surface area contributed by atoms with Gasteiger partial charge in [0.2, 0.25) is 0 Å². The van der Waals surface area contributed by atoms with E-state index in [1.54, 1.807) is 32.9 Å². The quantitative estimate of drug-likeness (QED) is 0.324. The first kappa shape index (κ1) is 25.0. The van der Waals surface area contributed by atoms with Crippen LogP contribution in [0.4, 0.5) is 9.18 Å². The van der Waals surface area contributed by atoms with E-state index in [0.717, 1.165) is 22.3 Å². The van der Waals surface area contributed by atoms with Gasteiger partial charge in [0.05, 0.1) is 17.6 Å². The molecule has 0 radical (unpaired) electrons. The van der Waals surface area contributed by atoms with Gasteiger partial charge in [-0.2, -0.15) is 0 Å². The van der Waals surface area contributed by atoms with Crippen LogP contribution in [0.1, 0.15) is 37.6 Å². The highest BCUT2D eigenvalue weighted by atomic mass is 19.1. The van der Waals surface area contributed by atoms with Crippen molar-refractivity contribution in [3.8, 4) is 16.9 Å². The van der Waals surface area contributed by atoms with E-state index >= 15 is 0 Å². The lowest BCUT2D eigenvalue weighted by Crippen LogP contribution is -2.28. The lowest BCUT2D eigenvalue weighted by Gasteiger charge is -2.21. The van der Waals surface area contributed by atoms with Crippen LogP contribution in [-0.2, 0) is 22.6 Å². The van der Waals surface area contributed by atoms with Gasteiger partial charge in [0.15, 0.2) is 0 Å². The minimum absolute atomic E-state index is 0.0133. The topological polar surface area (TPSA) is 77.8 Å². The van der Waals surface area contributed by atoms with Gasteiger partial charge in [-0.3, -0.25) is 4.79 Å². The Balaban J connectivity index is 1.55. The maximum atomic E-state index is 13.9. The highest BCUT2D eigenvalue weighted by Crippen LogP contribution is 2.28. The van der Waals surface area contributed by atoms with Crippen molar-refractivity contribution in [2.24, 2.45) is 0 Å². The number of nitrogens with zero attached hydrogens (tertiary/aromatic N) is 1. The fourth-order valence-corrected chi connectivity index (χ4v) is 4.08. The van der Waals surface area contributed by atoms with E-state index in [2.05, 4.69) is 0 Å². The molecule has 0 amide bonds. The van der Waals surface area contributed by atoms with Gasteiger partial charge in [0.1, 0.15) is 23.8 Å². The fraction of sp³-hybridized carbons (Fsp3) is 0.241. The molecule has 0 unspecified atom stereocenters. The Labute approximate surface area is 208 Å². The van der Waals surface area contributed by atoms with Crippen LogP contribution in [0.15, 0.2) is 66.7 Å². The maximum absolute atomic E-state index is 13.9. The lowest BCUT2D eigenvalue weighted by atomic mass is 9.97. The molecule has 0 aliphatic rings. The van der Waals surface area contributed by atoms with Crippen LogP contribution >= 0.6 is 0 Å². The van der Waals surface area contributed by atoms with Crippen LogP contribution in [0.3, 0.4) is 0 Å². The number of fused-ring (bicyclic) bond motifs is 1. The zero-order chi connectivity index (χ0) is 26.0. The molecule has 0 fully saturated rings.